The van der Waals surface area contributed by atoms with Gasteiger partial charge in [-0.05, 0) is 29.8 Å². The zero-order valence-corrected chi connectivity index (χ0v) is 12.5. The summed E-state index contributed by atoms with van der Waals surface area (Å²) in [5.41, 5.74) is 3.21. The molecule has 1 heterocycles. The fraction of sp³-hybridized carbons (Fsp3) is 0.176. The van der Waals surface area contributed by atoms with Gasteiger partial charge in [0, 0.05) is 25.3 Å². The van der Waals surface area contributed by atoms with E-state index in [-0.39, 0.29) is 18.0 Å². The highest BCUT2D eigenvalue weighted by Crippen LogP contribution is 2.32. The molecular weight excluding hydrogens is 278 g/mol. The Morgan fingerprint density at radius 2 is 1.82 bits per heavy atom. The molecule has 0 fully saturated rings. The number of nitrogens with one attached hydrogen (secondary N) is 2. The number of hydrogen-bond donors (Lipinski definition) is 2. The fourth-order valence-electron chi connectivity index (χ4n) is 2.61. The van der Waals surface area contributed by atoms with Crippen molar-refractivity contribution in [3.63, 3.8) is 0 Å². The quantitative estimate of drug-likeness (QED) is 0.895. The Hall–Kier alpha value is -2.82. The van der Waals surface area contributed by atoms with Gasteiger partial charge in [-0.3, -0.25) is 9.59 Å². The van der Waals surface area contributed by atoms with Crippen LogP contribution in [0.3, 0.4) is 0 Å². The second-order valence-corrected chi connectivity index (χ2v) is 5.31. The summed E-state index contributed by atoms with van der Waals surface area (Å²) < 4.78 is 0. The minimum atomic E-state index is -0.228. The Morgan fingerprint density at radius 1 is 1.14 bits per heavy atom. The third-order valence-electron chi connectivity index (χ3n) is 3.70. The monoisotopic (exact) mass is 295 g/mol. The molecule has 3 rings (SSSR count). The van der Waals surface area contributed by atoms with Crippen LogP contribution < -0.4 is 10.6 Å². The first-order chi connectivity index (χ1) is 10.6. The van der Waals surface area contributed by atoms with Crippen LogP contribution in [-0.4, -0.2) is 23.8 Å². The molecule has 2 amide bonds. The SMILES string of the molecule is CC(=O)Nc1ccc([C@@H]2Nc3ccccc3C(=O)N2C)cc1. The minimum absolute atomic E-state index is 0.00899. The maximum absolute atomic E-state index is 12.4. The van der Waals surface area contributed by atoms with Gasteiger partial charge in [0.1, 0.15) is 6.17 Å². The average Bonchev–Trinajstić information content (AvgIpc) is 2.51. The lowest BCUT2D eigenvalue weighted by molar-refractivity contribution is -0.114. The molecule has 0 bridgehead atoms. The predicted octanol–water partition coefficient (Wildman–Crippen LogP) is 2.84. The third kappa shape index (κ3) is 2.53. The summed E-state index contributed by atoms with van der Waals surface area (Å²) in [6.45, 7) is 1.47. The molecule has 1 atom stereocenters. The molecule has 1 aliphatic rings. The Bertz CT molecular complexity index is 725. The Morgan fingerprint density at radius 3 is 2.50 bits per heavy atom. The first-order valence-corrected chi connectivity index (χ1v) is 7.06. The van der Waals surface area contributed by atoms with Crippen molar-refractivity contribution in [1.82, 2.24) is 4.90 Å². The van der Waals surface area contributed by atoms with Crippen molar-refractivity contribution in [2.75, 3.05) is 17.7 Å². The van der Waals surface area contributed by atoms with E-state index in [1.807, 2.05) is 48.5 Å². The summed E-state index contributed by atoms with van der Waals surface area (Å²) in [5, 5.41) is 6.10. The van der Waals surface area contributed by atoms with Crippen LogP contribution in [-0.2, 0) is 4.79 Å². The van der Waals surface area contributed by atoms with Crippen LogP contribution in [0.4, 0.5) is 11.4 Å². The number of hydrogen-bond acceptors (Lipinski definition) is 3. The van der Waals surface area contributed by atoms with Gasteiger partial charge in [0.15, 0.2) is 0 Å². The molecule has 2 aromatic rings. The molecule has 0 aromatic heterocycles. The van der Waals surface area contributed by atoms with E-state index < -0.39 is 0 Å². The van der Waals surface area contributed by atoms with Gasteiger partial charge < -0.3 is 15.5 Å². The summed E-state index contributed by atoms with van der Waals surface area (Å²) in [5.74, 6) is -0.116. The predicted molar refractivity (Wildman–Crippen MR) is 85.6 cm³/mol. The van der Waals surface area contributed by atoms with E-state index in [0.717, 1.165) is 16.9 Å². The number of carbonyl (C=O) groups excluding carboxylic acids is 2. The molecule has 0 spiro atoms. The summed E-state index contributed by atoms with van der Waals surface area (Å²) in [6, 6.07) is 14.9. The summed E-state index contributed by atoms with van der Waals surface area (Å²) in [7, 11) is 1.78. The molecule has 5 heteroatoms. The van der Waals surface area contributed by atoms with E-state index in [2.05, 4.69) is 10.6 Å². The van der Waals surface area contributed by atoms with Gasteiger partial charge in [-0.1, -0.05) is 24.3 Å². The van der Waals surface area contributed by atoms with Crippen molar-refractivity contribution in [2.45, 2.75) is 13.1 Å². The molecule has 2 N–H and O–H groups in total. The van der Waals surface area contributed by atoms with E-state index in [9.17, 15) is 9.59 Å². The van der Waals surface area contributed by atoms with Gasteiger partial charge in [0.25, 0.3) is 5.91 Å². The highest BCUT2D eigenvalue weighted by Gasteiger charge is 2.29. The Labute approximate surface area is 128 Å². The molecule has 0 aliphatic carbocycles. The van der Waals surface area contributed by atoms with E-state index in [1.165, 1.54) is 6.92 Å². The molecule has 0 radical (unpaired) electrons. The van der Waals surface area contributed by atoms with Crippen LogP contribution in [0.5, 0.6) is 0 Å². The topological polar surface area (TPSA) is 61.4 Å². The highest BCUT2D eigenvalue weighted by atomic mass is 16.2. The number of rotatable bonds is 2. The maximum atomic E-state index is 12.4. The average molecular weight is 295 g/mol. The van der Waals surface area contributed by atoms with Gasteiger partial charge in [-0.25, -0.2) is 0 Å². The van der Waals surface area contributed by atoms with Crippen molar-refractivity contribution < 1.29 is 9.59 Å². The third-order valence-corrected chi connectivity index (χ3v) is 3.70. The van der Waals surface area contributed by atoms with Gasteiger partial charge in [-0.15, -0.1) is 0 Å². The van der Waals surface area contributed by atoms with Crippen LogP contribution in [0, 0.1) is 0 Å². The van der Waals surface area contributed by atoms with Crippen LogP contribution in [0.2, 0.25) is 0 Å². The first kappa shape index (κ1) is 14.1. The van der Waals surface area contributed by atoms with E-state index >= 15 is 0 Å². The van der Waals surface area contributed by atoms with Gasteiger partial charge in [-0.2, -0.15) is 0 Å². The van der Waals surface area contributed by atoms with Crippen molar-refractivity contribution >= 4 is 23.2 Å². The molecule has 0 saturated carbocycles. The normalized spacial score (nSPS) is 16.7. The van der Waals surface area contributed by atoms with Crippen LogP contribution in [0.15, 0.2) is 48.5 Å². The van der Waals surface area contributed by atoms with Gasteiger partial charge in [0.2, 0.25) is 5.91 Å². The lowest BCUT2D eigenvalue weighted by Crippen LogP contribution is -2.40. The number of carbonyl (C=O) groups is 2. The lowest BCUT2D eigenvalue weighted by Gasteiger charge is -2.35. The number of nitrogens with zero attached hydrogens (tertiary/aromatic N) is 1. The van der Waals surface area contributed by atoms with Gasteiger partial charge >= 0.3 is 0 Å². The first-order valence-electron chi connectivity index (χ1n) is 7.06. The molecule has 22 heavy (non-hydrogen) atoms. The molecule has 5 nitrogen and oxygen atoms in total. The van der Waals surface area contributed by atoms with Gasteiger partial charge in [0.05, 0.1) is 5.56 Å². The summed E-state index contributed by atoms with van der Waals surface area (Å²) >= 11 is 0. The Balaban J connectivity index is 1.89. The maximum Gasteiger partial charge on any atom is 0.257 e. The minimum Gasteiger partial charge on any atom is -0.361 e. The molecule has 2 aromatic carbocycles. The van der Waals surface area contributed by atoms with Crippen molar-refractivity contribution in [3.8, 4) is 0 Å². The molecular formula is C17H17N3O2. The second-order valence-electron chi connectivity index (χ2n) is 5.31. The molecule has 0 saturated heterocycles. The van der Waals surface area contributed by atoms with E-state index in [4.69, 9.17) is 0 Å². The molecule has 1 aliphatic heterocycles. The highest BCUT2D eigenvalue weighted by molar-refractivity contribution is 6.01. The van der Waals surface area contributed by atoms with Crippen molar-refractivity contribution in [2.24, 2.45) is 0 Å². The standard InChI is InChI=1S/C17H17N3O2/c1-11(21)18-13-9-7-12(8-10-13)16-19-15-6-4-3-5-14(15)17(22)20(16)2/h3-10,16,19H,1-2H3,(H,18,21)/t16-/m1/s1. The summed E-state index contributed by atoms with van der Waals surface area (Å²) in [4.78, 5) is 25.2. The largest absolute Gasteiger partial charge is 0.361 e. The van der Waals surface area contributed by atoms with E-state index in [1.54, 1.807) is 11.9 Å². The van der Waals surface area contributed by atoms with Crippen molar-refractivity contribution in [1.29, 1.82) is 0 Å². The smallest absolute Gasteiger partial charge is 0.257 e. The lowest BCUT2D eigenvalue weighted by atomic mass is 10.0. The van der Waals surface area contributed by atoms with Crippen LogP contribution in [0.1, 0.15) is 29.0 Å². The number of anilines is 2. The number of fused-ring (bicyclic) bond motifs is 1. The number of para-hydroxylation sites is 1. The zero-order valence-electron chi connectivity index (χ0n) is 12.5. The molecule has 112 valence electrons. The van der Waals surface area contributed by atoms with Crippen molar-refractivity contribution in [3.05, 3.63) is 59.7 Å². The summed E-state index contributed by atoms with van der Waals surface area (Å²) in [6.07, 6.45) is -0.228. The number of amides is 2. The Kier molecular flexibility index (Phi) is 3.55. The van der Waals surface area contributed by atoms with Crippen LogP contribution in [0.25, 0.3) is 0 Å². The van der Waals surface area contributed by atoms with E-state index in [0.29, 0.717) is 5.56 Å². The zero-order chi connectivity index (χ0) is 15.7. The second kappa shape index (κ2) is 5.52. The molecule has 0 unspecified atom stereocenters. The number of benzene rings is 2. The fourth-order valence-corrected chi connectivity index (χ4v) is 2.61. The van der Waals surface area contributed by atoms with Crippen LogP contribution >= 0.6 is 0 Å².